The van der Waals surface area contributed by atoms with Crippen LogP contribution in [0.2, 0.25) is 0 Å². The summed E-state index contributed by atoms with van der Waals surface area (Å²) in [5, 5.41) is 2.79. The van der Waals surface area contributed by atoms with E-state index in [-0.39, 0.29) is 12.5 Å². The van der Waals surface area contributed by atoms with Crippen molar-refractivity contribution in [1.82, 2.24) is 5.32 Å². The van der Waals surface area contributed by atoms with E-state index in [1.165, 1.54) is 15.4 Å². The van der Waals surface area contributed by atoms with Crippen LogP contribution in [0.4, 0.5) is 11.4 Å². The van der Waals surface area contributed by atoms with Crippen LogP contribution in [0.1, 0.15) is 33.7 Å². The van der Waals surface area contributed by atoms with E-state index in [0.29, 0.717) is 22.7 Å². The molecule has 28 heavy (non-hydrogen) atoms. The zero-order valence-electron chi connectivity index (χ0n) is 15.1. The van der Waals surface area contributed by atoms with Gasteiger partial charge in [0.15, 0.2) is 0 Å². The first-order chi connectivity index (χ1) is 13.6. The number of carbonyl (C=O) groups excluding carboxylic acids is 1. The lowest BCUT2D eigenvalue weighted by Crippen LogP contribution is -2.27. The molecule has 0 spiro atoms. The first-order valence-corrected chi connectivity index (χ1v) is 10.1. The number of hydrogen-bond donors (Lipinski definition) is 2. The Kier molecular flexibility index (Phi) is 5.27. The smallest absolute Gasteiger partial charge is 0.266 e. The maximum atomic E-state index is 12.7. The Morgan fingerprint density at radius 3 is 2.71 bits per heavy atom. The Labute approximate surface area is 165 Å². The molecule has 1 atom stereocenters. The molecule has 2 N–H and O–H groups in total. The number of nitrogens with zero attached hydrogens (tertiary/aromatic N) is 1. The average molecular weight is 396 g/mol. The Morgan fingerprint density at radius 1 is 1.11 bits per heavy atom. The zero-order valence-corrected chi connectivity index (χ0v) is 15.9. The van der Waals surface area contributed by atoms with Gasteiger partial charge < -0.3 is 9.73 Å². The number of carbonyl (C=O) groups is 1. The lowest BCUT2D eigenvalue weighted by Gasteiger charge is -2.23. The van der Waals surface area contributed by atoms with Gasteiger partial charge in [0.1, 0.15) is 5.76 Å². The van der Waals surface area contributed by atoms with E-state index in [4.69, 9.17) is 4.42 Å². The first-order valence-electron chi connectivity index (χ1n) is 9.06. The number of fused-ring (bicyclic) bond motifs is 1. The molecule has 3 aromatic rings. The summed E-state index contributed by atoms with van der Waals surface area (Å²) in [6.07, 6.45) is 4.62. The molecule has 1 aliphatic rings. The third-order valence-corrected chi connectivity index (χ3v) is 5.56. The van der Waals surface area contributed by atoms with Gasteiger partial charge >= 0.3 is 0 Å². The Hall–Kier alpha value is -2.90. The van der Waals surface area contributed by atoms with Crippen LogP contribution >= 0.6 is 0 Å². The second kappa shape index (κ2) is 8.00. The summed E-state index contributed by atoms with van der Waals surface area (Å²) in [5.74, 6) is 0.288. The third kappa shape index (κ3) is 3.72. The molecular formula is C21H20N2O4S. The van der Waals surface area contributed by atoms with Crippen molar-refractivity contribution >= 4 is 28.5 Å². The fourth-order valence-corrected chi connectivity index (χ4v) is 4.14. The third-order valence-electron chi connectivity index (χ3n) is 4.84. The molecular weight excluding hydrogens is 376 g/mol. The lowest BCUT2D eigenvalue weighted by molar-refractivity contribution is 0.0949. The summed E-state index contributed by atoms with van der Waals surface area (Å²) in [6, 6.07) is 16.1. The van der Waals surface area contributed by atoms with Crippen molar-refractivity contribution in [2.75, 3.05) is 4.31 Å². The topological polar surface area (TPSA) is 82.8 Å². The molecule has 0 aliphatic heterocycles. The predicted molar refractivity (Wildman–Crippen MR) is 108 cm³/mol. The summed E-state index contributed by atoms with van der Waals surface area (Å²) < 4.78 is 28.7. The number of aryl methyl sites for hydroxylation is 2. The normalized spacial score (nSPS) is 13.8. The number of hydrogen-bond acceptors (Lipinski definition) is 3. The molecule has 4 rings (SSSR count). The molecule has 0 radical (unpaired) electrons. The standard InChI is InChI=1S/C21H20N2O4S/c24-21(22-14-18-7-4-12-27-18)19-8-1-2-9-20(19)23(28(25)26)17-11-10-15-5-3-6-16(15)13-17/h1-2,4,7-13H,3,5-6,14H2,(H,22,24)(H,25,26). The summed E-state index contributed by atoms with van der Waals surface area (Å²) in [7, 11) is 0. The first kappa shape index (κ1) is 18.5. The predicted octanol–water partition coefficient (Wildman–Crippen LogP) is 3.97. The van der Waals surface area contributed by atoms with Gasteiger partial charge in [-0.3, -0.25) is 9.35 Å². The second-order valence-electron chi connectivity index (χ2n) is 6.61. The molecule has 2 aromatic carbocycles. The van der Waals surface area contributed by atoms with Crippen LogP contribution < -0.4 is 9.62 Å². The molecule has 0 fully saturated rings. The minimum absolute atomic E-state index is 0.237. The van der Waals surface area contributed by atoms with Crippen molar-refractivity contribution in [3.8, 4) is 0 Å². The van der Waals surface area contributed by atoms with Crippen LogP contribution in [0, 0.1) is 0 Å². The second-order valence-corrected chi connectivity index (χ2v) is 7.44. The van der Waals surface area contributed by atoms with E-state index in [1.807, 2.05) is 18.2 Å². The highest BCUT2D eigenvalue weighted by Crippen LogP contribution is 2.33. The molecule has 0 bridgehead atoms. The van der Waals surface area contributed by atoms with E-state index in [2.05, 4.69) is 5.32 Å². The van der Waals surface area contributed by atoms with Crippen molar-refractivity contribution in [3.05, 3.63) is 83.3 Å². The molecule has 0 saturated heterocycles. The van der Waals surface area contributed by atoms with Crippen molar-refractivity contribution in [3.63, 3.8) is 0 Å². The van der Waals surface area contributed by atoms with Crippen molar-refractivity contribution in [2.45, 2.75) is 25.8 Å². The highest BCUT2D eigenvalue weighted by molar-refractivity contribution is 7.81. The summed E-state index contributed by atoms with van der Waals surface area (Å²) >= 11 is -2.33. The number of furan rings is 1. The zero-order chi connectivity index (χ0) is 19.5. The minimum Gasteiger partial charge on any atom is -0.467 e. The number of anilines is 2. The van der Waals surface area contributed by atoms with Crippen LogP contribution in [0.5, 0.6) is 0 Å². The Morgan fingerprint density at radius 2 is 1.93 bits per heavy atom. The monoisotopic (exact) mass is 396 g/mol. The van der Waals surface area contributed by atoms with E-state index < -0.39 is 11.3 Å². The fraction of sp³-hybridized carbons (Fsp3) is 0.190. The highest BCUT2D eigenvalue weighted by atomic mass is 32.2. The molecule has 7 heteroatoms. The SMILES string of the molecule is O=C(NCc1ccco1)c1ccccc1N(c1ccc2c(c1)CCC2)S(=O)O. The molecule has 1 aliphatic carbocycles. The van der Waals surface area contributed by atoms with Gasteiger partial charge in [0, 0.05) is 0 Å². The maximum Gasteiger partial charge on any atom is 0.266 e. The maximum absolute atomic E-state index is 12.7. The quantitative estimate of drug-likeness (QED) is 0.618. The average Bonchev–Trinajstić information content (AvgIpc) is 3.38. The van der Waals surface area contributed by atoms with E-state index >= 15 is 0 Å². The van der Waals surface area contributed by atoms with Crippen LogP contribution in [0.15, 0.2) is 65.3 Å². The van der Waals surface area contributed by atoms with Gasteiger partial charge in [-0.2, -0.15) is 0 Å². The van der Waals surface area contributed by atoms with Crippen molar-refractivity contribution in [1.29, 1.82) is 0 Å². The van der Waals surface area contributed by atoms with E-state index in [9.17, 15) is 13.6 Å². The lowest BCUT2D eigenvalue weighted by atomic mass is 10.1. The van der Waals surface area contributed by atoms with Gasteiger partial charge in [-0.15, -0.1) is 0 Å². The summed E-state index contributed by atoms with van der Waals surface area (Å²) in [6.45, 7) is 0.237. The van der Waals surface area contributed by atoms with Gasteiger partial charge in [-0.05, 0) is 66.8 Å². The van der Waals surface area contributed by atoms with Gasteiger partial charge in [-0.1, -0.05) is 18.2 Å². The van der Waals surface area contributed by atoms with Crippen LogP contribution in [-0.2, 0) is 30.7 Å². The number of benzene rings is 2. The van der Waals surface area contributed by atoms with Crippen molar-refractivity contribution in [2.24, 2.45) is 0 Å². The molecule has 6 nitrogen and oxygen atoms in total. The summed E-state index contributed by atoms with van der Waals surface area (Å²) in [4.78, 5) is 12.7. The number of amides is 1. The highest BCUT2D eigenvalue weighted by Gasteiger charge is 2.23. The summed E-state index contributed by atoms with van der Waals surface area (Å²) in [5.41, 5.74) is 3.74. The van der Waals surface area contributed by atoms with Crippen LogP contribution in [0.3, 0.4) is 0 Å². The van der Waals surface area contributed by atoms with Gasteiger partial charge in [0.25, 0.3) is 17.2 Å². The van der Waals surface area contributed by atoms with E-state index in [1.54, 1.807) is 42.7 Å². The number of para-hydroxylation sites is 1. The molecule has 1 aromatic heterocycles. The van der Waals surface area contributed by atoms with Crippen molar-refractivity contribution < 1.29 is 18.0 Å². The van der Waals surface area contributed by atoms with Gasteiger partial charge in [0.2, 0.25) is 0 Å². The van der Waals surface area contributed by atoms with E-state index in [0.717, 1.165) is 19.3 Å². The fourth-order valence-electron chi connectivity index (χ4n) is 3.52. The van der Waals surface area contributed by atoms with Crippen LogP contribution in [-0.4, -0.2) is 14.7 Å². The molecule has 1 heterocycles. The Bertz CT molecular complexity index is 1020. The van der Waals surface area contributed by atoms with Gasteiger partial charge in [0.05, 0.1) is 29.7 Å². The number of rotatable bonds is 6. The van der Waals surface area contributed by atoms with Gasteiger partial charge in [-0.25, -0.2) is 8.51 Å². The Balaban J connectivity index is 1.66. The molecule has 0 saturated carbocycles. The van der Waals surface area contributed by atoms with Crippen LogP contribution in [0.25, 0.3) is 0 Å². The number of nitrogens with one attached hydrogen (secondary N) is 1. The molecule has 144 valence electrons. The minimum atomic E-state index is -2.33. The largest absolute Gasteiger partial charge is 0.467 e. The molecule has 1 amide bonds. The molecule has 1 unspecified atom stereocenters.